The molecule has 0 radical (unpaired) electrons. The van der Waals surface area contributed by atoms with E-state index >= 15 is 0 Å². The maximum Gasteiger partial charge on any atom is 0.250 e. The van der Waals surface area contributed by atoms with E-state index in [4.69, 9.17) is 5.11 Å². The third-order valence-electron chi connectivity index (χ3n) is 2.61. The van der Waals surface area contributed by atoms with Gasteiger partial charge in [0.05, 0.1) is 6.61 Å². The van der Waals surface area contributed by atoms with Crippen LogP contribution in [0, 0.1) is 0 Å². The molecule has 0 aliphatic rings. The van der Waals surface area contributed by atoms with E-state index in [1.807, 2.05) is 30.3 Å². The molecule has 0 aliphatic carbocycles. The highest BCUT2D eigenvalue weighted by molar-refractivity contribution is 7.99. The summed E-state index contributed by atoms with van der Waals surface area (Å²) in [6.07, 6.45) is 1.80. The zero-order valence-electron chi connectivity index (χ0n) is 9.95. The van der Waals surface area contributed by atoms with E-state index in [1.54, 1.807) is 34.7 Å². The van der Waals surface area contributed by atoms with E-state index in [9.17, 15) is 4.79 Å². The third kappa shape index (κ3) is 3.48. The number of hydrogen-bond acceptors (Lipinski definition) is 3. The first-order valence-electron chi connectivity index (χ1n) is 5.77. The van der Waals surface area contributed by atoms with Gasteiger partial charge in [-0.3, -0.25) is 4.79 Å². The maximum atomic E-state index is 11.5. The topological polar surface area (TPSA) is 42.2 Å². The van der Waals surface area contributed by atoms with Crippen LogP contribution in [0.5, 0.6) is 0 Å². The number of nitrogens with zero attached hydrogens (tertiary/aromatic N) is 1. The first kappa shape index (κ1) is 12.9. The molecule has 0 amide bonds. The lowest BCUT2D eigenvalue weighted by molar-refractivity contribution is 0.282. The number of rotatable bonds is 5. The van der Waals surface area contributed by atoms with Crippen LogP contribution in [0.1, 0.15) is 5.56 Å². The standard InChI is InChI=1S/C14H15NO2S/c16-11-12-4-6-13(7-5-12)18-10-9-15-8-2-1-3-14(15)17/h1-8,16H,9-11H2. The first-order valence-corrected chi connectivity index (χ1v) is 6.76. The van der Waals surface area contributed by atoms with Gasteiger partial charge in [0.25, 0.3) is 5.56 Å². The van der Waals surface area contributed by atoms with Gasteiger partial charge in [-0.05, 0) is 23.8 Å². The summed E-state index contributed by atoms with van der Waals surface area (Å²) in [6.45, 7) is 0.774. The van der Waals surface area contributed by atoms with E-state index < -0.39 is 0 Å². The molecule has 0 bridgehead atoms. The Morgan fingerprint density at radius 3 is 2.56 bits per heavy atom. The molecule has 1 aromatic heterocycles. The van der Waals surface area contributed by atoms with Crippen molar-refractivity contribution in [3.8, 4) is 0 Å². The average molecular weight is 261 g/mol. The van der Waals surface area contributed by atoms with Gasteiger partial charge in [-0.2, -0.15) is 0 Å². The molecule has 0 atom stereocenters. The summed E-state index contributed by atoms with van der Waals surface area (Å²) in [7, 11) is 0. The summed E-state index contributed by atoms with van der Waals surface area (Å²) in [5.74, 6) is 0.850. The van der Waals surface area contributed by atoms with Gasteiger partial charge in [0.15, 0.2) is 0 Å². The Kier molecular flexibility index (Phi) is 4.61. The molecule has 3 nitrogen and oxygen atoms in total. The van der Waals surface area contributed by atoms with E-state index in [-0.39, 0.29) is 12.2 Å². The van der Waals surface area contributed by atoms with Crippen molar-refractivity contribution in [2.45, 2.75) is 18.0 Å². The number of aromatic nitrogens is 1. The number of aliphatic hydroxyl groups is 1. The number of pyridine rings is 1. The Bertz CT molecular complexity index is 548. The smallest absolute Gasteiger partial charge is 0.250 e. The fourth-order valence-electron chi connectivity index (χ4n) is 1.60. The SMILES string of the molecule is O=c1ccccn1CCSc1ccc(CO)cc1. The predicted molar refractivity (Wildman–Crippen MR) is 73.8 cm³/mol. The summed E-state index contributed by atoms with van der Waals surface area (Å²) < 4.78 is 1.70. The second kappa shape index (κ2) is 6.42. The van der Waals surface area contributed by atoms with E-state index in [1.165, 1.54) is 0 Å². The van der Waals surface area contributed by atoms with Crippen LogP contribution >= 0.6 is 11.8 Å². The Hall–Kier alpha value is -1.52. The van der Waals surface area contributed by atoms with Crippen molar-refractivity contribution in [3.05, 3.63) is 64.6 Å². The number of benzene rings is 1. The van der Waals surface area contributed by atoms with Gasteiger partial charge < -0.3 is 9.67 Å². The molecule has 2 aromatic rings. The van der Waals surface area contributed by atoms with Gasteiger partial charge in [0.2, 0.25) is 0 Å². The van der Waals surface area contributed by atoms with Gasteiger partial charge in [0.1, 0.15) is 0 Å². The summed E-state index contributed by atoms with van der Waals surface area (Å²) in [5.41, 5.74) is 0.951. The van der Waals surface area contributed by atoms with Crippen LogP contribution in [0.2, 0.25) is 0 Å². The zero-order valence-corrected chi connectivity index (χ0v) is 10.8. The maximum absolute atomic E-state index is 11.5. The molecular formula is C14H15NO2S. The largest absolute Gasteiger partial charge is 0.392 e. The molecule has 0 fully saturated rings. The van der Waals surface area contributed by atoms with E-state index in [0.29, 0.717) is 6.54 Å². The summed E-state index contributed by atoms with van der Waals surface area (Å²) in [4.78, 5) is 12.6. The second-order valence-electron chi connectivity index (χ2n) is 3.88. The number of hydrogen-bond donors (Lipinski definition) is 1. The highest BCUT2D eigenvalue weighted by Crippen LogP contribution is 2.18. The average Bonchev–Trinajstić information content (AvgIpc) is 2.42. The molecule has 0 saturated carbocycles. The van der Waals surface area contributed by atoms with E-state index in [2.05, 4.69) is 0 Å². The molecule has 4 heteroatoms. The van der Waals surface area contributed by atoms with Crippen LogP contribution in [0.3, 0.4) is 0 Å². The van der Waals surface area contributed by atoms with E-state index in [0.717, 1.165) is 16.2 Å². The Labute approximate surface area is 110 Å². The van der Waals surface area contributed by atoms with Crippen molar-refractivity contribution in [1.29, 1.82) is 0 Å². The lowest BCUT2D eigenvalue weighted by Crippen LogP contribution is -2.18. The highest BCUT2D eigenvalue weighted by atomic mass is 32.2. The lowest BCUT2D eigenvalue weighted by Gasteiger charge is -2.05. The van der Waals surface area contributed by atoms with Crippen LogP contribution in [0.15, 0.2) is 58.4 Å². The predicted octanol–water partition coefficient (Wildman–Crippen LogP) is 2.13. The van der Waals surface area contributed by atoms with Gasteiger partial charge in [-0.25, -0.2) is 0 Å². The second-order valence-corrected chi connectivity index (χ2v) is 5.05. The molecule has 94 valence electrons. The van der Waals surface area contributed by atoms with Crippen LogP contribution in [-0.2, 0) is 13.2 Å². The van der Waals surface area contributed by atoms with Gasteiger partial charge in [-0.15, -0.1) is 11.8 Å². The quantitative estimate of drug-likeness (QED) is 0.838. The fraction of sp³-hybridized carbons (Fsp3) is 0.214. The molecule has 1 heterocycles. The third-order valence-corrected chi connectivity index (χ3v) is 3.60. The molecule has 0 unspecified atom stereocenters. The summed E-state index contributed by atoms with van der Waals surface area (Å²) in [5, 5.41) is 8.94. The number of thioether (sulfide) groups is 1. The molecule has 2 rings (SSSR count). The van der Waals surface area contributed by atoms with Gasteiger partial charge in [-0.1, -0.05) is 18.2 Å². The van der Waals surface area contributed by atoms with Crippen molar-refractivity contribution in [2.24, 2.45) is 0 Å². The fourth-order valence-corrected chi connectivity index (χ4v) is 2.45. The minimum absolute atomic E-state index is 0.0359. The lowest BCUT2D eigenvalue weighted by atomic mass is 10.2. The van der Waals surface area contributed by atoms with Crippen LogP contribution in [0.25, 0.3) is 0 Å². The van der Waals surface area contributed by atoms with Crippen molar-refractivity contribution in [3.63, 3.8) is 0 Å². The Morgan fingerprint density at radius 1 is 1.11 bits per heavy atom. The summed E-state index contributed by atoms with van der Waals surface area (Å²) in [6, 6.07) is 13.0. The van der Waals surface area contributed by atoms with Crippen molar-refractivity contribution in [2.75, 3.05) is 5.75 Å². The minimum Gasteiger partial charge on any atom is -0.392 e. The molecule has 1 N–H and O–H groups in total. The van der Waals surface area contributed by atoms with Crippen LogP contribution in [0.4, 0.5) is 0 Å². The Balaban J connectivity index is 1.88. The zero-order chi connectivity index (χ0) is 12.8. The molecule has 0 saturated heterocycles. The molecule has 0 spiro atoms. The Morgan fingerprint density at radius 2 is 1.89 bits per heavy atom. The summed E-state index contributed by atoms with van der Waals surface area (Å²) >= 11 is 1.70. The van der Waals surface area contributed by atoms with Crippen LogP contribution < -0.4 is 5.56 Å². The molecule has 1 aromatic carbocycles. The van der Waals surface area contributed by atoms with Crippen LogP contribution in [-0.4, -0.2) is 15.4 Å². The normalized spacial score (nSPS) is 10.5. The number of aryl methyl sites for hydroxylation is 1. The minimum atomic E-state index is 0.0359. The van der Waals surface area contributed by atoms with Gasteiger partial charge in [0, 0.05) is 29.5 Å². The monoisotopic (exact) mass is 261 g/mol. The molecule has 18 heavy (non-hydrogen) atoms. The van der Waals surface area contributed by atoms with Crippen molar-refractivity contribution >= 4 is 11.8 Å². The van der Waals surface area contributed by atoms with Gasteiger partial charge >= 0.3 is 0 Å². The van der Waals surface area contributed by atoms with Crippen molar-refractivity contribution in [1.82, 2.24) is 4.57 Å². The highest BCUT2D eigenvalue weighted by Gasteiger charge is 1.97. The molecule has 0 aliphatic heterocycles. The number of aliphatic hydroxyl groups excluding tert-OH is 1. The first-order chi connectivity index (χ1) is 8.79. The van der Waals surface area contributed by atoms with Crippen molar-refractivity contribution < 1.29 is 5.11 Å². The molecular weight excluding hydrogens is 246 g/mol.